The predicted molar refractivity (Wildman–Crippen MR) is 69.4 cm³/mol. The van der Waals surface area contributed by atoms with Gasteiger partial charge in [0, 0.05) is 29.4 Å². The number of aromatic nitrogens is 2. The van der Waals surface area contributed by atoms with Gasteiger partial charge >= 0.3 is 0 Å². The van der Waals surface area contributed by atoms with Crippen molar-refractivity contribution < 1.29 is 0 Å². The highest BCUT2D eigenvalue weighted by Gasteiger charge is 2.00. The number of hydrogen-bond donors (Lipinski definition) is 0. The molecular formula is C13H14N2S. The van der Waals surface area contributed by atoms with E-state index < -0.39 is 0 Å². The summed E-state index contributed by atoms with van der Waals surface area (Å²) < 4.78 is 0. The van der Waals surface area contributed by atoms with Crippen molar-refractivity contribution in [1.82, 2.24) is 9.97 Å². The van der Waals surface area contributed by atoms with E-state index in [1.165, 1.54) is 5.56 Å². The van der Waals surface area contributed by atoms with Gasteiger partial charge in [-0.1, -0.05) is 6.07 Å². The number of nitrogens with zero attached hydrogens (tertiary/aromatic N) is 2. The van der Waals surface area contributed by atoms with E-state index in [2.05, 4.69) is 34.4 Å². The number of pyridine rings is 2. The smallest absolute Gasteiger partial charge is 0.0703 e. The molecule has 0 aliphatic carbocycles. The first kappa shape index (κ1) is 11.1. The van der Waals surface area contributed by atoms with Crippen molar-refractivity contribution in [1.29, 1.82) is 0 Å². The molecule has 3 heteroatoms. The summed E-state index contributed by atoms with van der Waals surface area (Å²) in [6.07, 6.45) is 5.86. The molecule has 16 heavy (non-hydrogen) atoms. The second-order valence-electron chi connectivity index (χ2n) is 3.67. The molecule has 0 saturated carbocycles. The summed E-state index contributed by atoms with van der Waals surface area (Å²) in [6.45, 7) is 1.99. The lowest BCUT2D eigenvalue weighted by atomic mass is 10.1. The fraction of sp³-hybridized carbons (Fsp3) is 0.231. The van der Waals surface area contributed by atoms with Crippen LogP contribution in [0.3, 0.4) is 0 Å². The Morgan fingerprint density at radius 3 is 2.69 bits per heavy atom. The summed E-state index contributed by atoms with van der Waals surface area (Å²) in [5.74, 6) is 1.02. The van der Waals surface area contributed by atoms with Crippen molar-refractivity contribution in [2.75, 3.05) is 6.26 Å². The largest absolute Gasteiger partial charge is 0.262 e. The maximum atomic E-state index is 4.47. The highest BCUT2D eigenvalue weighted by atomic mass is 32.2. The SMILES string of the molecule is CSCc1ccc(-c2ccnc(C)c2)nc1. The predicted octanol–water partition coefficient (Wildman–Crippen LogP) is 3.32. The highest BCUT2D eigenvalue weighted by molar-refractivity contribution is 7.97. The molecule has 0 amide bonds. The summed E-state index contributed by atoms with van der Waals surface area (Å²) >= 11 is 1.81. The summed E-state index contributed by atoms with van der Waals surface area (Å²) in [5.41, 5.74) is 4.42. The fourth-order valence-electron chi connectivity index (χ4n) is 1.55. The molecule has 82 valence electrons. The first-order valence-corrected chi connectivity index (χ1v) is 6.56. The Balaban J connectivity index is 2.27. The van der Waals surface area contributed by atoms with Gasteiger partial charge in [-0.25, -0.2) is 0 Å². The van der Waals surface area contributed by atoms with Gasteiger partial charge in [0.25, 0.3) is 0 Å². The minimum Gasteiger partial charge on any atom is -0.262 e. The molecular weight excluding hydrogens is 216 g/mol. The van der Waals surface area contributed by atoms with E-state index in [-0.39, 0.29) is 0 Å². The molecule has 0 aliphatic rings. The molecule has 0 aliphatic heterocycles. The Hall–Kier alpha value is -1.35. The molecule has 0 aromatic carbocycles. The molecule has 2 heterocycles. The number of hydrogen-bond acceptors (Lipinski definition) is 3. The third-order valence-electron chi connectivity index (χ3n) is 2.33. The van der Waals surface area contributed by atoms with E-state index in [1.807, 2.05) is 37.1 Å². The van der Waals surface area contributed by atoms with Gasteiger partial charge in [0.05, 0.1) is 5.69 Å². The highest BCUT2D eigenvalue weighted by Crippen LogP contribution is 2.18. The number of rotatable bonds is 3. The van der Waals surface area contributed by atoms with Gasteiger partial charge in [0.2, 0.25) is 0 Å². The summed E-state index contributed by atoms with van der Waals surface area (Å²) in [4.78, 5) is 8.65. The van der Waals surface area contributed by atoms with Crippen LogP contribution in [0, 0.1) is 6.92 Å². The van der Waals surface area contributed by atoms with E-state index in [0.717, 1.165) is 22.7 Å². The number of thioether (sulfide) groups is 1. The van der Waals surface area contributed by atoms with Crippen LogP contribution in [0.25, 0.3) is 11.3 Å². The van der Waals surface area contributed by atoms with Gasteiger partial charge in [0.1, 0.15) is 0 Å². The van der Waals surface area contributed by atoms with Gasteiger partial charge < -0.3 is 0 Å². The van der Waals surface area contributed by atoms with Crippen LogP contribution in [0.5, 0.6) is 0 Å². The molecule has 0 fully saturated rings. The molecule has 0 spiro atoms. The molecule has 0 N–H and O–H groups in total. The van der Waals surface area contributed by atoms with Crippen LogP contribution >= 0.6 is 11.8 Å². The lowest BCUT2D eigenvalue weighted by Crippen LogP contribution is -1.88. The third kappa shape index (κ3) is 2.61. The molecule has 0 saturated heterocycles. The standard InChI is InChI=1S/C13H14N2S/c1-10-7-12(5-6-14-10)13-4-3-11(8-15-13)9-16-2/h3-8H,9H2,1-2H3. The van der Waals surface area contributed by atoms with E-state index >= 15 is 0 Å². The molecule has 0 unspecified atom stereocenters. The first-order valence-electron chi connectivity index (χ1n) is 5.16. The zero-order valence-electron chi connectivity index (χ0n) is 9.47. The summed E-state index contributed by atoms with van der Waals surface area (Å²) in [5, 5.41) is 0. The van der Waals surface area contributed by atoms with Crippen LogP contribution in [-0.2, 0) is 5.75 Å². The van der Waals surface area contributed by atoms with E-state index in [0.29, 0.717) is 0 Å². The van der Waals surface area contributed by atoms with Crippen LogP contribution in [-0.4, -0.2) is 16.2 Å². The maximum absolute atomic E-state index is 4.47. The Morgan fingerprint density at radius 1 is 1.19 bits per heavy atom. The van der Waals surface area contributed by atoms with Crippen molar-refractivity contribution in [2.45, 2.75) is 12.7 Å². The molecule has 0 radical (unpaired) electrons. The number of aryl methyl sites for hydroxylation is 1. The molecule has 2 aromatic rings. The molecule has 2 rings (SSSR count). The second-order valence-corrected chi connectivity index (χ2v) is 4.54. The average molecular weight is 230 g/mol. The van der Waals surface area contributed by atoms with Crippen LogP contribution in [0.4, 0.5) is 0 Å². The van der Waals surface area contributed by atoms with E-state index in [1.54, 1.807) is 0 Å². The van der Waals surface area contributed by atoms with E-state index in [9.17, 15) is 0 Å². The lowest BCUT2D eigenvalue weighted by molar-refractivity contribution is 1.19. The quantitative estimate of drug-likeness (QED) is 0.809. The minimum absolute atomic E-state index is 1.01. The molecule has 0 bridgehead atoms. The van der Waals surface area contributed by atoms with Crippen LogP contribution in [0.15, 0.2) is 36.7 Å². The normalized spacial score (nSPS) is 10.4. The zero-order valence-corrected chi connectivity index (χ0v) is 10.3. The lowest BCUT2D eigenvalue weighted by Gasteiger charge is -2.03. The van der Waals surface area contributed by atoms with Crippen LogP contribution in [0.1, 0.15) is 11.3 Å². The van der Waals surface area contributed by atoms with Crippen molar-refractivity contribution in [3.8, 4) is 11.3 Å². The van der Waals surface area contributed by atoms with Gasteiger partial charge in [0.15, 0.2) is 0 Å². The van der Waals surface area contributed by atoms with Crippen molar-refractivity contribution in [3.63, 3.8) is 0 Å². The Kier molecular flexibility index (Phi) is 3.57. The van der Waals surface area contributed by atoms with Crippen molar-refractivity contribution in [2.24, 2.45) is 0 Å². The minimum atomic E-state index is 1.01. The fourth-order valence-corrected chi connectivity index (χ4v) is 2.06. The van der Waals surface area contributed by atoms with Gasteiger partial charge in [-0.2, -0.15) is 11.8 Å². The monoisotopic (exact) mass is 230 g/mol. The van der Waals surface area contributed by atoms with Crippen molar-refractivity contribution in [3.05, 3.63) is 47.9 Å². The summed E-state index contributed by atoms with van der Waals surface area (Å²) in [6, 6.07) is 8.25. The van der Waals surface area contributed by atoms with E-state index in [4.69, 9.17) is 0 Å². The van der Waals surface area contributed by atoms with Gasteiger partial charge in [-0.15, -0.1) is 0 Å². The average Bonchev–Trinajstić information content (AvgIpc) is 2.30. The Labute approximate surface area is 100 Å². The van der Waals surface area contributed by atoms with Crippen LogP contribution < -0.4 is 0 Å². The Bertz CT molecular complexity index is 466. The third-order valence-corrected chi connectivity index (χ3v) is 2.95. The zero-order chi connectivity index (χ0) is 11.4. The van der Waals surface area contributed by atoms with Crippen LogP contribution in [0.2, 0.25) is 0 Å². The van der Waals surface area contributed by atoms with Crippen molar-refractivity contribution >= 4 is 11.8 Å². The second kappa shape index (κ2) is 5.12. The topological polar surface area (TPSA) is 25.8 Å². The molecule has 2 aromatic heterocycles. The maximum Gasteiger partial charge on any atom is 0.0703 e. The molecule has 2 nitrogen and oxygen atoms in total. The van der Waals surface area contributed by atoms with Gasteiger partial charge in [-0.3, -0.25) is 9.97 Å². The first-order chi connectivity index (χ1) is 7.79. The molecule has 0 atom stereocenters. The van der Waals surface area contributed by atoms with Gasteiger partial charge in [-0.05, 0) is 36.9 Å². The summed E-state index contributed by atoms with van der Waals surface area (Å²) in [7, 11) is 0. The Morgan fingerprint density at radius 2 is 2.06 bits per heavy atom.